The van der Waals surface area contributed by atoms with Crippen LogP contribution in [0.4, 0.5) is 0 Å². The van der Waals surface area contributed by atoms with Gasteiger partial charge in [0.25, 0.3) is 0 Å². The fraction of sp³-hybridized carbons (Fsp3) is 0.0556. The highest BCUT2D eigenvalue weighted by Crippen LogP contribution is 2.10. The molecule has 0 aromatic heterocycles. The van der Waals surface area contributed by atoms with Gasteiger partial charge in [-0.05, 0) is 23.3 Å². The van der Waals surface area contributed by atoms with Crippen LogP contribution in [0.2, 0.25) is 5.02 Å². The topological polar surface area (TPSA) is 26.3 Å². The van der Waals surface area contributed by atoms with Crippen molar-refractivity contribution in [3.63, 3.8) is 0 Å². The van der Waals surface area contributed by atoms with Gasteiger partial charge in [-0.15, -0.1) is 0 Å². The average Bonchev–Trinajstić information content (AvgIpc) is 2.52. The van der Waals surface area contributed by atoms with E-state index in [9.17, 15) is 4.79 Å². The summed E-state index contributed by atoms with van der Waals surface area (Å²) in [6, 6.07) is 17.1. The molecule has 21 heavy (non-hydrogen) atoms. The van der Waals surface area contributed by atoms with Gasteiger partial charge in [-0.2, -0.15) is 0 Å². The molecular formula is C18H15ClO2. The maximum atomic E-state index is 11.5. The Hall–Kier alpha value is -2.32. The smallest absolute Gasteiger partial charge is 0.331 e. The molecule has 2 rings (SSSR count). The summed E-state index contributed by atoms with van der Waals surface area (Å²) in [6.45, 7) is 0.239. The van der Waals surface area contributed by atoms with Crippen LogP contribution in [0.15, 0.2) is 72.8 Å². The summed E-state index contributed by atoms with van der Waals surface area (Å²) in [6.07, 6.45) is 6.79. The largest absolute Gasteiger partial charge is 0.458 e. The summed E-state index contributed by atoms with van der Waals surface area (Å²) < 4.78 is 5.12. The van der Waals surface area contributed by atoms with Crippen LogP contribution >= 0.6 is 11.6 Å². The quantitative estimate of drug-likeness (QED) is 0.456. The number of carbonyl (C=O) groups is 1. The molecular weight excluding hydrogens is 284 g/mol. The van der Waals surface area contributed by atoms with E-state index in [1.807, 2.05) is 48.5 Å². The van der Waals surface area contributed by atoms with Crippen LogP contribution in [-0.2, 0) is 16.1 Å². The number of benzene rings is 2. The second-order valence-electron chi connectivity index (χ2n) is 4.36. The summed E-state index contributed by atoms with van der Waals surface area (Å²) in [7, 11) is 0. The zero-order chi connectivity index (χ0) is 14.9. The highest BCUT2D eigenvalue weighted by Gasteiger charge is 1.98. The summed E-state index contributed by atoms with van der Waals surface area (Å²) in [5, 5.41) is 0.663. The minimum atomic E-state index is -0.373. The third-order valence-electron chi connectivity index (χ3n) is 2.73. The number of rotatable bonds is 5. The lowest BCUT2D eigenvalue weighted by Gasteiger charge is -2.01. The lowest BCUT2D eigenvalue weighted by atomic mass is 10.2. The fourth-order valence-electron chi connectivity index (χ4n) is 1.65. The Morgan fingerprint density at radius 2 is 1.71 bits per heavy atom. The molecule has 0 aliphatic heterocycles. The van der Waals surface area contributed by atoms with Gasteiger partial charge in [-0.25, -0.2) is 4.79 Å². The molecule has 0 radical (unpaired) electrons. The van der Waals surface area contributed by atoms with E-state index in [0.717, 1.165) is 11.1 Å². The first kappa shape index (κ1) is 15.1. The summed E-state index contributed by atoms with van der Waals surface area (Å²) >= 11 is 5.78. The van der Waals surface area contributed by atoms with E-state index >= 15 is 0 Å². The zero-order valence-electron chi connectivity index (χ0n) is 11.4. The third-order valence-corrected chi connectivity index (χ3v) is 2.98. The van der Waals surface area contributed by atoms with Crippen molar-refractivity contribution < 1.29 is 9.53 Å². The predicted molar refractivity (Wildman–Crippen MR) is 85.9 cm³/mol. The molecule has 0 amide bonds. The number of esters is 1. The maximum Gasteiger partial charge on any atom is 0.331 e. The molecule has 0 atom stereocenters. The van der Waals surface area contributed by atoms with Crippen molar-refractivity contribution in [2.75, 3.05) is 0 Å². The van der Waals surface area contributed by atoms with Gasteiger partial charge in [-0.3, -0.25) is 0 Å². The van der Waals surface area contributed by atoms with E-state index in [-0.39, 0.29) is 12.6 Å². The average molecular weight is 299 g/mol. The molecule has 0 unspecified atom stereocenters. The fourth-order valence-corrected chi connectivity index (χ4v) is 1.77. The van der Waals surface area contributed by atoms with Crippen molar-refractivity contribution in [3.8, 4) is 0 Å². The SMILES string of the molecule is O=C(/C=C/C=C/c1ccccc1)OCc1ccc(Cl)cc1. The lowest BCUT2D eigenvalue weighted by Crippen LogP contribution is -2.00. The molecule has 2 aromatic rings. The lowest BCUT2D eigenvalue weighted by molar-refractivity contribution is -0.139. The van der Waals surface area contributed by atoms with Gasteiger partial charge in [-0.1, -0.05) is 72.3 Å². The molecule has 2 nitrogen and oxygen atoms in total. The highest BCUT2D eigenvalue weighted by molar-refractivity contribution is 6.30. The summed E-state index contributed by atoms with van der Waals surface area (Å²) in [5.74, 6) is -0.373. The molecule has 0 aliphatic rings. The van der Waals surface area contributed by atoms with Crippen molar-refractivity contribution >= 4 is 23.6 Å². The van der Waals surface area contributed by atoms with Crippen molar-refractivity contribution in [1.29, 1.82) is 0 Å². The van der Waals surface area contributed by atoms with Crippen LogP contribution in [-0.4, -0.2) is 5.97 Å². The Balaban J connectivity index is 1.77. The normalized spacial score (nSPS) is 11.1. The maximum absolute atomic E-state index is 11.5. The molecule has 0 bridgehead atoms. The Morgan fingerprint density at radius 3 is 2.43 bits per heavy atom. The zero-order valence-corrected chi connectivity index (χ0v) is 12.2. The van der Waals surface area contributed by atoms with E-state index in [4.69, 9.17) is 16.3 Å². The van der Waals surface area contributed by atoms with Crippen LogP contribution in [0, 0.1) is 0 Å². The molecule has 0 heterocycles. The van der Waals surface area contributed by atoms with E-state index in [1.54, 1.807) is 24.3 Å². The van der Waals surface area contributed by atoms with Gasteiger partial charge in [0.05, 0.1) is 0 Å². The number of carbonyl (C=O) groups excluding carboxylic acids is 1. The van der Waals surface area contributed by atoms with Crippen molar-refractivity contribution in [2.24, 2.45) is 0 Å². The number of halogens is 1. The molecule has 0 N–H and O–H groups in total. The second-order valence-corrected chi connectivity index (χ2v) is 4.80. The van der Waals surface area contributed by atoms with Crippen LogP contribution < -0.4 is 0 Å². The van der Waals surface area contributed by atoms with Crippen LogP contribution in [0.5, 0.6) is 0 Å². The highest BCUT2D eigenvalue weighted by atomic mass is 35.5. The minimum Gasteiger partial charge on any atom is -0.458 e. The third kappa shape index (κ3) is 5.67. The van der Waals surface area contributed by atoms with E-state index in [2.05, 4.69) is 0 Å². The Labute approximate surface area is 129 Å². The van der Waals surface area contributed by atoms with Crippen molar-refractivity contribution in [2.45, 2.75) is 6.61 Å². The van der Waals surface area contributed by atoms with Crippen molar-refractivity contribution in [3.05, 3.63) is 89.0 Å². The number of allylic oxidation sites excluding steroid dienone is 2. The Morgan fingerprint density at radius 1 is 1.00 bits per heavy atom. The minimum absolute atomic E-state index is 0.239. The van der Waals surface area contributed by atoms with Gasteiger partial charge in [0.1, 0.15) is 6.61 Å². The number of hydrogen-bond acceptors (Lipinski definition) is 2. The molecule has 0 fully saturated rings. The van der Waals surface area contributed by atoms with Gasteiger partial charge in [0, 0.05) is 11.1 Å². The molecule has 0 spiro atoms. The van der Waals surface area contributed by atoms with Crippen LogP contribution in [0.1, 0.15) is 11.1 Å². The summed E-state index contributed by atoms with van der Waals surface area (Å²) in [4.78, 5) is 11.5. The number of ether oxygens (including phenoxy) is 1. The van der Waals surface area contributed by atoms with E-state index in [1.165, 1.54) is 6.08 Å². The standard InChI is InChI=1S/C18H15ClO2/c19-17-12-10-16(11-13-17)14-21-18(20)9-5-4-8-15-6-2-1-3-7-15/h1-13H,14H2/b8-4+,9-5+. The van der Waals surface area contributed by atoms with Gasteiger partial charge in [0.2, 0.25) is 0 Å². The first-order valence-electron chi connectivity index (χ1n) is 6.55. The first-order valence-corrected chi connectivity index (χ1v) is 6.93. The summed E-state index contributed by atoms with van der Waals surface area (Å²) in [5.41, 5.74) is 1.98. The van der Waals surface area contributed by atoms with Crippen molar-refractivity contribution in [1.82, 2.24) is 0 Å². The van der Waals surface area contributed by atoms with Gasteiger partial charge >= 0.3 is 5.97 Å². The van der Waals surface area contributed by atoms with Gasteiger partial charge < -0.3 is 4.74 Å². The predicted octanol–water partition coefficient (Wildman–Crippen LogP) is 4.65. The van der Waals surface area contributed by atoms with Gasteiger partial charge in [0.15, 0.2) is 0 Å². The molecule has 3 heteroatoms. The van der Waals surface area contributed by atoms with Crippen LogP contribution in [0.3, 0.4) is 0 Å². The molecule has 0 aliphatic carbocycles. The molecule has 106 valence electrons. The number of hydrogen-bond donors (Lipinski definition) is 0. The Kier molecular flexibility index (Phi) is 5.80. The monoisotopic (exact) mass is 298 g/mol. The first-order chi connectivity index (χ1) is 10.2. The molecule has 2 aromatic carbocycles. The molecule has 0 saturated heterocycles. The van der Waals surface area contributed by atoms with E-state index < -0.39 is 0 Å². The Bertz CT molecular complexity index is 628. The van der Waals surface area contributed by atoms with Crippen LogP contribution in [0.25, 0.3) is 6.08 Å². The second kappa shape index (κ2) is 8.08. The molecule has 0 saturated carbocycles. The van der Waals surface area contributed by atoms with E-state index in [0.29, 0.717) is 5.02 Å².